The number of hydrogen-bond donors (Lipinski definition) is 1. The predicted octanol–water partition coefficient (Wildman–Crippen LogP) is 1.94. The van der Waals surface area contributed by atoms with Crippen molar-refractivity contribution in [2.75, 3.05) is 26.5 Å². The van der Waals surface area contributed by atoms with Crippen LogP contribution >= 0.6 is 0 Å². The standard InChI is InChI=1S/C17H22N4O2/c1-11-6-13(22-2)7-16(23-3)14(11)10-21-5-4-15-12(9-21)8-19-17(18)20-15/h6-8H,4-5,9-10H2,1-3H3,(H2,18,19,20). The Morgan fingerprint density at radius 3 is 2.83 bits per heavy atom. The number of fused-ring (bicyclic) bond motifs is 1. The Morgan fingerprint density at radius 1 is 1.26 bits per heavy atom. The third-order valence-corrected chi connectivity index (χ3v) is 4.27. The van der Waals surface area contributed by atoms with Crippen LogP contribution in [0.25, 0.3) is 0 Å². The summed E-state index contributed by atoms with van der Waals surface area (Å²) < 4.78 is 10.9. The van der Waals surface area contributed by atoms with Crippen molar-refractivity contribution < 1.29 is 9.47 Å². The Hall–Kier alpha value is -2.34. The lowest BCUT2D eigenvalue weighted by Crippen LogP contribution is -2.31. The summed E-state index contributed by atoms with van der Waals surface area (Å²) in [7, 11) is 3.36. The fourth-order valence-electron chi connectivity index (χ4n) is 3.00. The molecule has 1 aromatic carbocycles. The van der Waals surface area contributed by atoms with Gasteiger partial charge in [0.15, 0.2) is 0 Å². The number of benzene rings is 1. The molecule has 1 aromatic heterocycles. The van der Waals surface area contributed by atoms with Gasteiger partial charge >= 0.3 is 0 Å². The second-order valence-electron chi connectivity index (χ2n) is 5.79. The van der Waals surface area contributed by atoms with Gasteiger partial charge in [-0.3, -0.25) is 4.90 Å². The molecule has 3 rings (SSSR count). The lowest BCUT2D eigenvalue weighted by atomic mass is 10.0. The Morgan fingerprint density at radius 2 is 2.09 bits per heavy atom. The number of methoxy groups -OCH3 is 2. The van der Waals surface area contributed by atoms with E-state index in [1.165, 1.54) is 11.1 Å². The number of nitrogens with two attached hydrogens (primary N) is 1. The highest BCUT2D eigenvalue weighted by Gasteiger charge is 2.20. The topological polar surface area (TPSA) is 73.5 Å². The highest BCUT2D eigenvalue weighted by molar-refractivity contribution is 5.46. The van der Waals surface area contributed by atoms with Crippen LogP contribution in [0, 0.1) is 6.92 Å². The molecule has 0 spiro atoms. The van der Waals surface area contributed by atoms with Gasteiger partial charge in [-0.15, -0.1) is 0 Å². The van der Waals surface area contributed by atoms with Crippen molar-refractivity contribution in [2.45, 2.75) is 26.4 Å². The van der Waals surface area contributed by atoms with Crippen molar-refractivity contribution >= 4 is 5.95 Å². The van der Waals surface area contributed by atoms with Gasteiger partial charge in [0.2, 0.25) is 5.95 Å². The molecule has 0 bridgehead atoms. The Labute approximate surface area is 136 Å². The second kappa shape index (κ2) is 6.42. The van der Waals surface area contributed by atoms with Crippen molar-refractivity contribution in [1.82, 2.24) is 14.9 Å². The molecule has 0 unspecified atom stereocenters. The predicted molar refractivity (Wildman–Crippen MR) is 88.5 cm³/mol. The third-order valence-electron chi connectivity index (χ3n) is 4.27. The molecule has 2 heterocycles. The number of nitrogen functional groups attached to an aromatic ring is 1. The summed E-state index contributed by atoms with van der Waals surface area (Å²) in [6, 6.07) is 3.98. The fourth-order valence-corrected chi connectivity index (χ4v) is 3.00. The van der Waals surface area contributed by atoms with Crippen LogP contribution in [-0.4, -0.2) is 35.6 Å². The van der Waals surface area contributed by atoms with E-state index < -0.39 is 0 Å². The molecule has 23 heavy (non-hydrogen) atoms. The maximum Gasteiger partial charge on any atom is 0.220 e. The zero-order valence-corrected chi connectivity index (χ0v) is 13.8. The fraction of sp³-hybridized carbons (Fsp3) is 0.412. The Balaban J connectivity index is 1.82. The smallest absolute Gasteiger partial charge is 0.220 e. The van der Waals surface area contributed by atoms with E-state index in [9.17, 15) is 0 Å². The molecule has 6 heteroatoms. The van der Waals surface area contributed by atoms with Crippen LogP contribution in [0.2, 0.25) is 0 Å². The number of rotatable bonds is 4. The van der Waals surface area contributed by atoms with E-state index in [-0.39, 0.29) is 0 Å². The molecule has 0 fully saturated rings. The number of ether oxygens (including phenoxy) is 2. The molecule has 2 N–H and O–H groups in total. The summed E-state index contributed by atoms with van der Waals surface area (Å²) in [5.74, 6) is 2.03. The first-order valence-electron chi connectivity index (χ1n) is 7.65. The van der Waals surface area contributed by atoms with Gasteiger partial charge in [-0.05, 0) is 18.6 Å². The SMILES string of the molecule is COc1cc(C)c(CN2CCc3nc(N)ncc3C2)c(OC)c1. The van der Waals surface area contributed by atoms with Crippen LogP contribution in [-0.2, 0) is 19.5 Å². The zero-order valence-electron chi connectivity index (χ0n) is 13.8. The highest BCUT2D eigenvalue weighted by Crippen LogP contribution is 2.30. The average molecular weight is 314 g/mol. The van der Waals surface area contributed by atoms with E-state index in [4.69, 9.17) is 15.2 Å². The van der Waals surface area contributed by atoms with Gasteiger partial charge in [0.25, 0.3) is 0 Å². The van der Waals surface area contributed by atoms with Gasteiger partial charge < -0.3 is 15.2 Å². The quantitative estimate of drug-likeness (QED) is 0.930. The molecule has 0 radical (unpaired) electrons. The molecule has 0 amide bonds. The van der Waals surface area contributed by atoms with E-state index in [1.54, 1.807) is 14.2 Å². The van der Waals surface area contributed by atoms with Crippen LogP contribution in [0.3, 0.4) is 0 Å². The summed E-state index contributed by atoms with van der Waals surface area (Å²) in [4.78, 5) is 10.8. The van der Waals surface area contributed by atoms with Crippen LogP contribution in [0.1, 0.15) is 22.4 Å². The molecule has 0 saturated heterocycles. The summed E-state index contributed by atoms with van der Waals surface area (Å²) in [5, 5.41) is 0. The second-order valence-corrected chi connectivity index (χ2v) is 5.79. The van der Waals surface area contributed by atoms with Crippen molar-refractivity contribution in [3.05, 3.63) is 40.7 Å². The molecule has 2 aromatic rings. The molecule has 6 nitrogen and oxygen atoms in total. The normalized spacial score (nSPS) is 14.4. The molecular weight excluding hydrogens is 292 g/mol. The number of nitrogens with zero attached hydrogens (tertiary/aromatic N) is 3. The summed E-state index contributed by atoms with van der Waals surface area (Å²) in [6.07, 6.45) is 2.72. The van der Waals surface area contributed by atoms with Crippen LogP contribution in [0.4, 0.5) is 5.95 Å². The number of aryl methyl sites for hydroxylation is 1. The first-order chi connectivity index (χ1) is 11.1. The van der Waals surface area contributed by atoms with Gasteiger partial charge in [0.1, 0.15) is 11.5 Å². The highest BCUT2D eigenvalue weighted by atomic mass is 16.5. The summed E-state index contributed by atoms with van der Waals surface area (Å²) in [5.41, 5.74) is 10.2. The minimum atomic E-state index is 0.352. The summed E-state index contributed by atoms with van der Waals surface area (Å²) >= 11 is 0. The van der Waals surface area contributed by atoms with Gasteiger partial charge in [0.05, 0.1) is 19.9 Å². The van der Waals surface area contributed by atoms with Gasteiger partial charge in [-0.2, -0.15) is 0 Å². The van der Waals surface area contributed by atoms with Gasteiger partial charge in [-0.1, -0.05) is 0 Å². The van der Waals surface area contributed by atoms with Crippen LogP contribution < -0.4 is 15.2 Å². The lowest BCUT2D eigenvalue weighted by molar-refractivity contribution is 0.238. The molecule has 122 valence electrons. The van der Waals surface area contributed by atoms with Crippen molar-refractivity contribution in [3.63, 3.8) is 0 Å². The van der Waals surface area contributed by atoms with Gasteiger partial charge in [0, 0.05) is 49.4 Å². The lowest BCUT2D eigenvalue weighted by Gasteiger charge is -2.29. The van der Waals surface area contributed by atoms with Gasteiger partial charge in [-0.25, -0.2) is 9.97 Å². The van der Waals surface area contributed by atoms with Crippen LogP contribution in [0.5, 0.6) is 11.5 Å². The summed E-state index contributed by atoms with van der Waals surface area (Å²) in [6.45, 7) is 4.67. The molecule has 1 aliphatic heterocycles. The van der Waals surface area contributed by atoms with Crippen molar-refractivity contribution in [1.29, 1.82) is 0 Å². The van der Waals surface area contributed by atoms with Crippen molar-refractivity contribution in [3.8, 4) is 11.5 Å². The maximum absolute atomic E-state index is 5.66. The van der Waals surface area contributed by atoms with Crippen molar-refractivity contribution in [2.24, 2.45) is 0 Å². The molecule has 0 saturated carbocycles. The first-order valence-corrected chi connectivity index (χ1v) is 7.65. The van der Waals surface area contributed by atoms with E-state index >= 15 is 0 Å². The van der Waals surface area contributed by atoms with E-state index in [1.807, 2.05) is 18.3 Å². The minimum absolute atomic E-state index is 0.352. The van der Waals surface area contributed by atoms with Crippen LogP contribution in [0.15, 0.2) is 18.3 Å². The molecule has 0 aliphatic carbocycles. The minimum Gasteiger partial charge on any atom is -0.497 e. The third kappa shape index (κ3) is 3.22. The Bertz CT molecular complexity index is 718. The molecule has 0 atom stereocenters. The largest absolute Gasteiger partial charge is 0.497 e. The first kappa shape index (κ1) is 15.6. The number of hydrogen-bond acceptors (Lipinski definition) is 6. The monoisotopic (exact) mass is 314 g/mol. The van der Waals surface area contributed by atoms with E-state index in [0.29, 0.717) is 5.95 Å². The van der Waals surface area contributed by atoms with E-state index in [2.05, 4.69) is 21.8 Å². The average Bonchev–Trinajstić information content (AvgIpc) is 2.56. The number of aromatic nitrogens is 2. The zero-order chi connectivity index (χ0) is 16.4. The molecular formula is C17H22N4O2. The maximum atomic E-state index is 5.66. The number of anilines is 1. The van der Waals surface area contributed by atoms with E-state index in [0.717, 1.165) is 48.8 Å². The Kier molecular flexibility index (Phi) is 4.34. The molecule has 1 aliphatic rings.